The van der Waals surface area contributed by atoms with Crippen molar-refractivity contribution < 1.29 is 4.79 Å². The summed E-state index contributed by atoms with van der Waals surface area (Å²) in [4.78, 5) is 11.9. The molecule has 2 atom stereocenters. The van der Waals surface area contributed by atoms with Gasteiger partial charge in [-0.05, 0) is 44.2 Å². The molecular formula is C13H24N2O. The van der Waals surface area contributed by atoms with Crippen molar-refractivity contribution in [3.05, 3.63) is 0 Å². The quantitative estimate of drug-likeness (QED) is 0.763. The first-order chi connectivity index (χ1) is 7.77. The van der Waals surface area contributed by atoms with E-state index < -0.39 is 0 Å². The summed E-state index contributed by atoms with van der Waals surface area (Å²) in [6.45, 7) is 5.36. The van der Waals surface area contributed by atoms with Gasteiger partial charge in [-0.3, -0.25) is 4.79 Å². The van der Waals surface area contributed by atoms with Crippen LogP contribution in [0.2, 0.25) is 0 Å². The van der Waals surface area contributed by atoms with E-state index in [9.17, 15) is 4.79 Å². The predicted molar refractivity (Wildman–Crippen MR) is 65.1 cm³/mol. The lowest BCUT2D eigenvalue weighted by Crippen LogP contribution is -2.43. The minimum atomic E-state index is 0.301. The number of hydrogen-bond acceptors (Lipinski definition) is 2. The van der Waals surface area contributed by atoms with Crippen LogP contribution >= 0.6 is 0 Å². The fourth-order valence-electron chi connectivity index (χ4n) is 2.89. The first kappa shape index (κ1) is 11.9. The lowest BCUT2D eigenvalue weighted by Gasteiger charge is -2.29. The highest BCUT2D eigenvalue weighted by Gasteiger charge is 2.25. The molecule has 0 aromatic heterocycles. The summed E-state index contributed by atoms with van der Waals surface area (Å²) < 4.78 is 0. The molecule has 1 aliphatic heterocycles. The first-order valence-corrected chi connectivity index (χ1v) is 6.76. The molecule has 2 aliphatic rings. The minimum absolute atomic E-state index is 0.301. The van der Waals surface area contributed by atoms with Crippen LogP contribution in [-0.4, -0.2) is 25.5 Å². The molecule has 3 heteroatoms. The van der Waals surface area contributed by atoms with Crippen LogP contribution < -0.4 is 10.6 Å². The average Bonchev–Trinajstić information content (AvgIpc) is 2.81. The molecule has 3 nitrogen and oxygen atoms in total. The van der Waals surface area contributed by atoms with Gasteiger partial charge in [-0.25, -0.2) is 0 Å². The van der Waals surface area contributed by atoms with Crippen molar-refractivity contribution in [3.63, 3.8) is 0 Å². The number of piperidine rings is 1. The number of carbonyl (C=O) groups is 1. The highest BCUT2D eigenvalue weighted by atomic mass is 16.1. The van der Waals surface area contributed by atoms with E-state index in [1.165, 1.54) is 19.3 Å². The molecule has 0 aromatic carbocycles. The van der Waals surface area contributed by atoms with Crippen LogP contribution in [0.25, 0.3) is 0 Å². The molecule has 2 rings (SSSR count). The van der Waals surface area contributed by atoms with Crippen molar-refractivity contribution >= 4 is 5.91 Å². The van der Waals surface area contributed by atoms with Gasteiger partial charge < -0.3 is 10.6 Å². The number of rotatable bonds is 3. The monoisotopic (exact) mass is 224 g/mol. The molecule has 1 saturated heterocycles. The molecule has 1 heterocycles. The Morgan fingerprint density at radius 1 is 1.31 bits per heavy atom. The molecule has 2 fully saturated rings. The van der Waals surface area contributed by atoms with E-state index in [1.807, 2.05) is 0 Å². The number of amides is 1. The summed E-state index contributed by atoms with van der Waals surface area (Å²) in [5, 5.41) is 6.55. The third-order valence-electron chi connectivity index (χ3n) is 4.25. The highest BCUT2D eigenvalue weighted by Crippen LogP contribution is 2.25. The minimum Gasteiger partial charge on any atom is -0.356 e. The van der Waals surface area contributed by atoms with Gasteiger partial charge in [0.1, 0.15) is 0 Å². The molecule has 0 radical (unpaired) electrons. The molecule has 1 saturated carbocycles. The summed E-state index contributed by atoms with van der Waals surface area (Å²) in [5.41, 5.74) is 0. The van der Waals surface area contributed by atoms with Gasteiger partial charge in [0, 0.05) is 12.5 Å². The Bertz CT molecular complexity index is 236. The Kier molecular flexibility index (Phi) is 4.22. The summed E-state index contributed by atoms with van der Waals surface area (Å²) in [6.07, 6.45) is 5.91. The molecule has 0 spiro atoms. The average molecular weight is 224 g/mol. The maximum Gasteiger partial charge on any atom is 0.223 e. The maximum absolute atomic E-state index is 11.9. The van der Waals surface area contributed by atoms with Gasteiger partial charge in [0.25, 0.3) is 0 Å². The van der Waals surface area contributed by atoms with Crippen LogP contribution in [-0.2, 0) is 4.79 Å². The fraction of sp³-hybridized carbons (Fsp3) is 0.923. The van der Waals surface area contributed by atoms with E-state index in [0.29, 0.717) is 17.7 Å². The number of nitrogens with one attached hydrogen (secondary N) is 2. The smallest absolute Gasteiger partial charge is 0.223 e. The SMILES string of the molecule is CC1CCNCC1CNC(=O)C1CCCC1. The van der Waals surface area contributed by atoms with Crippen molar-refractivity contribution in [3.8, 4) is 0 Å². The second kappa shape index (κ2) is 5.67. The van der Waals surface area contributed by atoms with Gasteiger partial charge >= 0.3 is 0 Å². The Hall–Kier alpha value is -0.570. The van der Waals surface area contributed by atoms with Crippen LogP contribution in [0.3, 0.4) is 0 Å². The van der Waals surface area contributed by atoms with Crippen LogP contribution in [0, 0.1) is 17.8 Å². The van der Waals surface area contributed by atoms with Crippen molar-refractivity contribution in [1.82, 2.24) is 10.6 Å². The fourth-order valence-corrected chi connectivity index (χ4v) is 2.89. The highest BCUT2D eigenvalue weighted by molar-refractivity contribution is 5.78. The topological polar surface area (TPSA) is 41.1 Å². The normalized spacial score (nSPS) is 31.6. The van der Waals surface area contributed by atoms with E-state index in [-0.39, 0.29) is 0 Å². The van der Waals surface area contributed by atoms with Crippen molar-refractivity contribution in [2.24, 2.45) is 17.8 Å². The van der Waals surface area contributed by atoms with Crippen LogP contribution in [0.4, 0.5) is 0 Å². The molecule has 0 bridgehead atoms. The maximum atomic E-state index is 11.9. The Morgan fingerprint density at radius 3 is 2.75 bits per heavy atom. The molecule has 16 heavy (non-hydrogen) atoms. The summed E-state index contributed by atoms with van der Waals surface area (Å²) >= 11 is 0. The summed E-state index contributed by atoms with van der Waals surface area (Å²) in [6, 6.07) is 0. The summed E-state index contributed by atoms with van der Waals surface area (Å²) in [5.74, 6) is 1.98. The summed E-state index contributed by atoms with van der Waals surface area (Å²) in [7, 11) is 0. The molecule has 1 aliphatic carbocycles. The van der Waals surface area contributed by atoms with E-state index in [1.54, 1.807) is 0 Å². The van der Waals surface area contributed by atoms with E-state index in [4.69, 9.17) is 0 Å². The largest absolute Gasteiger partial charge is 0.356 e. The van der Waals surface area contributed by atoms with Crippen LogP contribution in [0.15, 0.2) is 0 Å². The number of hydrogen-bond donors (Lipinski definition) is 2. The Labute approximate surface area is 98.4 Å². The Morgan fingerprint density at radius 2 is 2.06 bits per heavy atom. The van der Waals surface area contributed by atoms with Crippen molar-refractivity contribution in [2.75, 3.05) is 19.6 Å². The zero-order valence-corrected chi connectivity index (χ0v) is 10.3. The zero-order chi connectivity index (χ0) is 11.4. The number of carbonyl (C=O) groups excluding carboxylic acids is 1. The van der Waals surface area contributed by atoms with Gasteiger partial charge in [0.05, 0.1) is 0 Å². The van der Waals surface area contributed by atoms with Gasteiger partial charge in [0.2, 0.25) is 5.91 Å². The van der Waals surface area contributed by atoms with Crippen LogP contribution in [0.5, 0.6) is 0 Å². The molecule has 1 amide bonds. The molecule has 2 N–H and O–H groups in total. The zero-order valence-electron chi connectivity index (χ0n) is 10.3. The van der Waals surface area contributed by atoms with Gasteiger partial charge in [-0.2, -0.15) is 0 Å². The lowest BCUT2D eigenvalue weighted by atomic mass is 9.88. The molecule has 0 aromatic rings. The van der Waals surface area contributed by atoms with E-state index >= 15 is 0 Å². The van der Waals surface area contributed by atoms with E-state index in [0.717, 1.165) is 38.4 Å². The van der Waals surface area contributed by atoms with E-state index in [2.05, 4.69) is 17.6 Å². The molecular weight excluding hydrogens is 200 g/mol. The standard InChI is InChI=1S/C13H24N2O/c1-10-6-7-14-8-12(10)9-15-13(16)11-4-2-3-5-11/h10-12,14H,2-9H2,1H3,(H,15,16). The second-order valence-electron chi connectivity index (χ2n) is 5.46. The van der Waals surface area contributed by atoms with Crippen molar-refractivity contribution in [2.45, 2.75) is 39.0 Å². The molecule has 2 unspecified atom stereocenters. The van der Waals surface area contributed by atoms with Gasteiger partial charge in [-0.1, -0.05) is 19.8 Å². The van der Waals surface area contributed by atoms with Crippen LogP contribution in [0.1, 0.15) is 39.0 Å². The Balaban J connectivity index is 1.71. The van der Waals surface area contributed by atoms with Crippen molar-refractivity contribution in [1.29, 1.82) is 0 Å². The van der Waals surface area contributed by atoms with Gasteiger partial charge in [-0.15, -0.1) is 0 Å². The lowest BCUT2D eigenvalue weighted by molar-refractivity contribution is -0.125. The third kappa shape index (κ3) is 2.97. The predicted octanol–water partition coefficient (Wildman–Crippen LogP) is 1.54. The first-order valence-electron chi connectivity index (χ1n) is 6.76. The van der Waals surface area contributed by atoms with Gasteiger partial charge in [0.15, 0.2) is 0 Å². The third-order valence-corrected chi connectivity index (χ3v) is 4.25. The second-order valence-corrected chi connectivity index (χ2v) is 5.46. The molecule has 92 valence electrons.